The smallest absolute Gasteiger partial charge is 0.336 e. The third-order valence-electron chi connectivity index (χ3n) is 2.89. The Bertz CT molecular complexity index is 640. The van der Waals surface area contributed by atoms with Crippen molar-refractivity contribution in [1.82, 2.24) is 0 Å². The summed E-state index contributed by atoms with van der Waals surface area (Å²) in [5, 5.41) is 8.45. The monoisotopic (exact) mass is 286 g/mol. The van der Waals surface area contributed by atoms with Gasteiger partial charge in [0.1, 0.15) is 11.5 Å². The molecule has 0 unspecified atom stereocenters. The molecule has 0 aliphatic heterocycles. The molecule has 108 valence electrons. The largest absolute Gasteiger partial charge is 0.478 e. The lowest BCUT2D eigenvalue weighted by atomic mass is 9.96. The zero-order valence-corrected chi connectivity index (χ0v) is 11.2. The summed E-state index contributed by atoms with van der Waals surface area (Å²) in [7, 11) is 0. The second-order valence-electron chi connectivity index (χ2n) is 4.35. The molecular weight excluding hydrogens is 272 g/mol. The SMILES string of the molecule is C=COc1ccc2c(c1)C=C(OC(=O)/C=C\C(=O)O)CC2. The molecule has 5 nitrogen and oxygen atoms in total. The summed E-state index contributed by atoms with van der Waals surface area (Å²) >= 11 is 0. The summed E-state index contributed by atoms with van der Waals surface area (Å²) in [6.45, 7) is 3.49. The molecule has 1 N–H and O–H groups in total. The number of esters is 1. The first-order valence-electron chi connectivity index (χ1n) is 6.32. The molecule has 1 aromatic rings. The number of carboxylic acid groups (broad SMARTS) is 1. The van der Waals surface area contributed by atoms with Gasteiger partial charge in [-0.15, -0.1) is 0 Å². The maximum Gasteiger partial charge on any atom is 0.336 e. The molecule has 1 aromatic carbocycles. The first kappa shape index (κ1) is 14.6. The molecule has 0 saturated carbocycles. The molecule has 2 rings (SSSR count). The topological polar surface area (TPSA) is 72.8 Å². The molecule has 1 aliphatic rings. The number of allylic oxidation sites excluding steroid dienone is 1. The van der Waals surface area contributed by atoms with Crippen molar-refractivity contribution in [2.75, 3.05) is 0 Å². The number of hydrogen-bond acceptors (Lipinski definition) is 4. The van der Waals surface area contributed by atoms with E-state index in [2.05, 4.69) is 6.58 Å². The molecule has 0 aromatic heterocycles. The minimum Gasteiger partial charge on any atom is -0.478 e. The standard InChI is InChI=1S/C16H14O5/c1-2-20-13-5-3-11-4-6-14(10-12(11)9-13)21-16(19)8-7-15(17)18/h2-3,5,7-10H,1,4,6H2,(H,17,18)/b8-7-. The molecular formula is C16H14O5. The molecule has 0 bridgehead atoms. The van der Waals surface area contributed by atoms with E-state index in [1.807, 2.05) is 18.2 Å². The van der Waals surface area contributed by atoms with Gasteiger partial charge >= 0.3 is 11.9 Å². The number of carboxylic acids is 1. The number of carbonyl (C=O) groups excluding carboxylic acids is 1. The minimum absolute atomic E-state index is 0.498. The van der Waals surface area contributed by atoms with Crippen LogP contribution in [0.15, 0.2) is 49.0 Å². The van der Waals surface area contributed by atoms with Crippen LogP contribution in [-0.4, -0.2) is 17.0 Å². The summed E-state index contributed by atoms with van der Waals surface area (Å²) in [5.41, 5.74) is 2.04. The summed E-state index contributed by atoms with van der Waals surface area (Å²) in [6, 6.07) is 5.63. The normalized spacial score (nSPS) is 13.2. The highest BCUT2D eigenvalue weighted by Crippen LogP contribution is 2.28. The number of rotatable bonds is 5. The first-order valence-corrected chi connectivity index (χ1v) is 6.32. The Balaban J connectivity index is 2.13. The number of benzene rings is 1. The van der Waals surface area contributed by atoms with Gasteiger partial charge in [-0.25, -0.2) is 9.59 Å². The number of hydrogen-bond donors (Lipinski definition) is 1. The van der Waals surface area contributed by atoms with Gasteiger partial charge < -0.3 is 14.6 Å². The van der Waals surface area contributed by atoms with Crippen molar-refractivity contribution in [2.24, 2.45) is 0 Å². The van der Waals surface area contributed by atoms with Crippen molar-refractivity contribution < 1.29 is 24.2 Å². The lowest BCUT2D eigenvalue weighted by molar-refractivity contribution is -0.135. The molecule has 5 heteroatoms. The van der Waals surface area contributed by atoms with Gasteiger partial charge in [0.15, 0.2) is 0 Å². The molecule has 0 fully saturated rings. The van der Waals surface area contributed by atoms with Crippen LogP contribution < -0.4 is 4.74 Å². The second-order valence-corrected chi connectivity index (χ2v) is 4.35. The van der Waals surface area contributed by atoms with E-state index in [0.717, 1.165) is 29.7 Å². The van der Waals surface area contributed by atoms with Crippen molar-refractivity contribution in [3.05, 3.63) is 60.1 Å². The average Bonchev–Trinajstić information content (AvgIpc) is 2.45. The number of fused-ring (bicyclic) bond motifs is 1. The van der Waals surface area contributed by atoms with Crippen LogP contribution in [0.2, 0.25) is 0 Å². The number of carbonyl (C=O) groups is 2. The van der Waals surface area contributed by atoms with E-state index in [1.165, 1.54) is 6.26 Å². The van der Waals surface area contributed by atoms with Crippen LogP contribution in [-0.2, 0) is 20.7 Å². The molecule has 1 aliphatic carbocycles. The van der Waals surface area contributed by atoms with Crippen LogP contribution in [0.5, 0.6) is 5.75 Å². The van der Waals surface area contributed by atoms with E-state index in [-0.39, 0.29) is 0 Å². The van der Waals surface area contributed by atoms with Crippen LogP contribution in [0, 0.1) is 0 Å². The Hall–Kier alpha value is -2.82. The van der Waals surface area contributed by atoms with E-state index in [1.54, 1.807) is 6.08 Å². The number of aliphatic carboxylic acids is 1. The number of ether oxygens (including phenoxy) is 2. The van der Waals surface area contributed by atoms with Gasteiger partial charge in [0.2, 0.25) is 0 Å². The summed E-state index contributed by atoms with van der Waals surface area (Å²) in [4.78, 5) is 21.8. The van der Waals surface area contributed by atoms with Crippen LogP contribution >= 0.6 is 0 Å². The van der Waals surface area contributed by atoms with Crippen molar-refractivity contribution in [1.29, 1.82) is 0 Å². The van der Waals surface area contributed by atoms with Gasteiger partial charge in [-0.3, -0.25) is 0 Å². The summed E-state index contributed by atoms with van der Waals surface area (Å²) < 4.78 is 10.3. The van der Waals surface area contributed by atoms with Gasteiger partial charge in [0.05, 0.1) is 6.26 Å². The van der Waals surface area contributed by atoms with Crippen LogP contribution in [0.4, 0.5) is 0 Å². The summed E-state index contributed by atoms with van der Waals surface area (Å²) in [5.74, 6) is -0.747. The van der Waals surface area contributed by atoms with Crippen molar-refractivity contribution in [2.45, 2.75) is 12.8 Å². The maximum absolute atomic E-state index is 11.4. The van der Waals surface area contributed by atoms with Gasteiger partial charge in [-0.05, 0) is 35.8 Å². The van der Waals surface area contributed by atoms with Crippen LogP contribution in [0.25, 0.3) is 6.08 Å². The van der Waals surface area contributed by atoms with Crippen LogP contribution in [0.3, 0.4) is 0 Å². The Morgan fingerprint density at radius 3 is 2.76 bits per heavy atom. The second kappa shape index (κ2) is 6.56. The van der Waals surface area contributed by atoms with Crippen molar-refractivity contribution in [3.8, 4) is 5.75 Å². The summed E-state index contributed by atoms with van der Waals surface area (Å²) in [6.07, 6.45) is 6.05. The first-order chi connectivity index (χ1) is 10.1. The zero-order valence-electron chi connectivity index (χ0n) is 11.2. The highest BCUT2D eigenvalue weighted by Gasteiger charge is 2.14. The Morgan fingerprint density at radius 2 is 2.05 bits per heavy atom. The number of aryl methyl sites for hydroxylation is 1. The molecule has 0 heterocycles. The van der Waals surface area contributed by atoms with E-state index in [0.29, 0.717) is 17.9 Å². The molecule has 0 saturated heterocycles. The Morgan fingerprint density at radius 1 is 1.24 bits per heavy atom. The highest BCUT2D eigenvalue weighted by atomic mass is 16.5. The molecule has 0 radical (unpaired) electrons. The van der Waals surface area contributed by atoms with E-state index in [9.17, 15) is 9.59 Å². The highest BCUT2D eigenvalue weighted by molar-refractivity contribution is 5.91. The maximum atomic E-state index is 11.4. The molecule has 0 amide bonds. The third kappa shape index (κ3) is 4.07. The molecule has 0 spiro atoms. The van der Waals surface area contributed by atoms with Gasteiger partial charge in [0, 0.05) is 18.6 Å². The average molecular weight is 286 g/mol. The van der Waals surface area contributed by atoms with E-state index in [4.69, 9.17) is 14.6 Å². The minimum atomic E-state index is -1.19. The zero-order chi connectivity index (χ0) is 15.2. The lowest BCUT2D eigenvalue weighted by Gasteiger charge is -2.16. The fraction of sp³-hybridized carbons (Fsp3) is 0.125. The predicted molar refractivity (Wildman–Crippen MR) is 76.4 cm³/mol. The fourth-order valence-corrected chi connectivity index (χ4v) is 1.99. The van der Waals surface area contributed by atoms with Gasteiger partial charge in [-0.2, -0.15) is 0 Å². The van der Waals surface area contributed by atoms with Crippen molar-refractivity contribution in [3.63, 3.8) is 0 Å². The van der Waals surface area contributed by atoms with Crippen molar-refractivity contribution >= 4 is 18.0 Å². The quantitative estimate of drug-likeness (QED) is 0.512. The molecule has 0 atom stereocenters. The fourth-order valence-electron chi connectivity index (χ4n) is 1.99. The predicted octanol–water partition coefficient (Wildman–Crippen LogP) is 2.68. The Kier molecular flexibility index (Phi) is 4.56. The van der Waals surface area contributed by atoms with E-state index >= 15 is 0 Å². The molecule has 21 heavy (non-hydrogen) atoms. The lowest BCUT2D eigenvalue weighted by Crippen LogP contribution is -2.07. The third-order valence-corrected chi connectivity index (χ3v) is 2.89. The van der Waals surface area contributed by atoms with Gasteiger partial charge in [0.25, 0.3) is 0 Å². The van der Waals surface area contributed by atoms with E-state index < -0.39 is 11.9 Å². The van der Waals surface area contributed by atoms with Crippen LogP contribution in [0.1, 0.15) is 17.5 Å². The Labute approximate surface area is 121 Å². The van der Waals surface area contributed by atoms with Gasteiger partial charge in [-0.1, -0.05) is 12.6 Å².